The van der Waals surface area contributed by atoms with E-state index in [9.17, 15) is 19.3 Å². The Kier molecular flexibility index (Phi) is 4.17. The second-order valence-electron chi connectivity index (χ2n) is 5.12. The summed E-state index contributed by atoms with van der Waals surface area (Å²) in [7, 11) is 0. The molecule has 0 bridgehead atoms. The molecule has 1 aromatic heterocycles. The molecular weight excluding hydrogens is 329 g/mol. The van der Waals surface area contributed by atoms with Crippen molar-refractivity contribution in [2.45, 2.75) is 0 Å². The van der Waals surface area contributed by atoms with E-state index < -0.39 is 22.3 Å². The molecule has 126 valence electrons. The number of amides is 1. The maximum atomic E-state index is 14.3. The van der Waals surface area contributed by atoms with E-state index in [2.05, 4.69) is 5.32 Å². The highest BCUT2D eigenvalue weighted by Crippen LogP contribution is 2.28. The number of rotatable bonds is 4. The number of nitrogens with two attached hydrogens (primary N) is 1. The first kappa shape index (κ1) is 16.2. The largest absolute Gasteiger partial charge is 0.464 e. The van der Waals surface area contributed by atoms with Gasteiger partial charge in [0.15, 0.2) is 0 Å². The Morgan fingerprint density at radius 1 is 1.20 bits per heavy atom. The van der Waals surface area contributed by atoms with Crippen LogP contribution in [0.4, 0.5) is 21.5 Å². The van der Waals surface area contributed by atoms with Gasteiger partial charge in [0.1, 0.15) is 17.1 Å². The molecule has 0 aliphatic rings. The third kappa shape index (κ3) is 3.18. The highest BCUT2D eigenvalue weighted by molar-refractivity contribution is 6.10. The summed E-state index contributed by atoms with van der Waals surface area (Å²) in [5.74, 6) is -1.10. The van der Waals surface area contributed by atoms with Crippen molar-refractivity contribution in [2.24, 2.45) is 0 Å². The summed E-state index contributed by atoms with van der Waals surface area (Å²) in [5.41, 5.74) is 5.19. The third-order valence-corrected chi connectivity index (χ3v) is 3.52. The van der Waals surface area contributed by atoms with Gasteiger partial charge in [-0.2, -0.15) is 0 Å². The van der Waals surface area contributed by atoms with Crippen LogP contribution in [0.15, 0.2) is 59.2 Å². The highest BCUT2D eigenvalue weighted by atomic mass is 19.1. The third-order valence-electron chi connectivity index (χ3n) is 3.52. The lowest BCUT2D eigenvalue weighted by Gasteiger charge is -2.09. The molecule has 3 N–H and O–H groups in total. The van der Waals surface area contributed by atoms with E-state index >= 15 is 0 Å². The second kappa shape index (κ2) is 6.44. The zero-order chi connectivity index (χ0) is 18.0. The van der Waals surface area contributed by atoms with Gasteiger partial charge in [0.05, 0.1) is 22.6 Å². The minimum atomic E-state index is -0.866. The summed E-state index contributed by atoms with van der Waals surface area (Å²) in [4.78, 5) is 22.7. The van der Waals surface area contributed by atoms with Crippen LogP contribution in [0.25, 0.3) is 11.3 Å². The Morgan fingerprint density at radius 3 is 2.64 bits per heavy atom. The van der Waals surface area contributed by atoms with Gasteiger partial charge in [-0.15, -0.1) is 0 Å². The Morgan fingerprint density at radius 2 is 2.00 bits per heavy atom. The average Bonchev–Trinajstić information content (AvgIpc) is 3.10. The van der Waals surface area contributed by atoms with Gasteiger partial charge in [0, 0.05) is 11.6 Å². The molecular formula is C17H12FN3O4. The van der Waals surface area contributed by atoms with E-state index in [1.54, 1.807) is 18.2 Å². The van der Waals surface area contributed by atoms with Crippen molar-refractivity contribution in [1.29, 1.82) is 0 Å². The fraction of sp³-hybridized carbons (Fsp3) is 0. The average molecular weight is 341 g/mol. The van der Waals surface area contributed by atoms with E-state index in [-0.39, 0.29) is 16.9 Å². The topological polar surface area (TPSA) is 111 Å². The molecule has 1 heterocycles. The summed E-state index contributed by atoms with van der Waals surface area (Å²) in [5, 5.41) is 13.4. The number of halogens is 1. The van der Waals surface area contributed by atoms with Crippen molar-refractivity contribution >= 4 is 23.0 Å². The molecule has 3 rings (SSSR count). The Bertz CT molecular complexity index is 955. The quantitative estimate of drug-likeness (QED) is 0.425. The first-order chi connectivity index (χ1) is 12.0. The Hall–Kier alpha value is -3.68. The SMILES string of the molecule is Nc1cccc([N+](=O)[O-])c1C(=O)Nc1ccc(-c2ccco2)cc1F. The van der Waals surface area contributed by atoms with Crippen molar-refractivity contribution in [3.63, 3.8) is 0 Å². The summed E-state index contributed by atoms with van der Waals surface area (Å²) >= 11 is 0. The van der Waals surface area contributed by atoms with Crippen LogP contribution in [0.1, 0.15) is 10.4 Å². The van der Waals surface area contributed by atoms with Gasteiger partial charge in [-0.3, -0.25) is 14.9 Å². The van der Waals surface area contributed by atoms with E-state index in [1.165, 1.54) is 30.5 Å². The zero-order valence-corrected chi connectivity index (χ0v) is 12.7. The number of anilines is 2. The van der Waals surface area contributed by atoms with Crippen LogP contribution in [0.3, 0.4) is 0 Å². The van der Waals surface area contributed by atoms with Gasteiger partial charge in [0.2, 0.25) is 0 Å². The van der Waals surface area contributed by atoms with Crippen molar-refractivity contribution in [2.75, 3.05) is 11.1 Å². The lowest BCUT2D eigenvalue weighted by molar-refractivity contribution is -0.385. The van der Waals surface area contributed by atoms with Crippen LogP contribution in [0.5, 0.6) is 0 Å². The van der Waals surface area contributed by atoms with Gasteiger partial charge >= 0.3 is 0 Å². The molecule has 0 atom stereocenters. The van der Waals surface area contributed by atoms with Crippen LogP contribution >= 0.6 is 0 Å². The van der Waals surface area contributed by atoms with Crippen molar-refractivity contribution in [3.8, 4) is 11.3 Å². The van der Waals surface area contributed by atoms with E-state index in [0.29, 0.717) is 11.3 Å². The molecule has 25 heavy (non-hydrogen) atoms. The number of nitro benzene ring substituents is 1. The normalized spacial score (nSPS) is 10.4. The van der Waals surface area contributed by atoms with Crippen molar-refractivity contribution in [3.05, 3.63) is 76.3 Å². The number of nitrogen functional groups attached to an aromatic ring is 1. The molecule has 2 aromatic carbocycles. The number of hydrogen-bond donors (Lipinski definition) is 2. The van der Waals surface area contributed by atoms with Gasteiger partial charge in [-0.05, 0) is 36.4 Å². The number of hydrogen-bond acceptors (Lipinski definition) is 5. The summed E-state index contributed by atoms with van der Waals surface area (Å²) in [6, 6.07) is 11.3. The predicted molar refractivity (Wildman–Crippen MR) is 89.6 cm³/mol. The van der Waals surface area contributed by atoms with E-state index in [0.717, 1.165) is 6.07 Å². The zero-order valence-electron chi connectivity index (χ0n) is 12.7. The lowest BCUT2D eigenvalue weighted by atomic mass is 10.1. The number of carbonyl (C=O) groups is 1. The number of carbonyl (C=O) groups excluding carboxylic acids is 1. The molecule has 0 unspecified atom stereocenters. The monoisotopic (exact) mass is 341 g/mol. The van der Waals surface area contributed by atoms with Crippen LogP contribution in [0.2, 0.25) is 0 Å². The molecule has 3 aromatic rings. The predicted octanol–water partition coefficient (Wildman–Crippen LogP) is 3.83. The van der Waals surface area contributed by atoms with Crippen molar-refractivity contribution in [1.82, 2.24) is 0 Å². The summed E-state index contributed by atoms with van der Waals surface area (Å²) in [6.07, 6.45) is 1.46. The molecule has 0 aliphatic heterocycles. The smallest absolute Gasteiger partial charge is 0.284 e. The summed E-state index contributed by atoms with van der Waals surface area (Å²) in [6.45, 7) is 0. The van der Waals surface area contributed by atoms with Crippen LogP contribution in [-0.2, 0) is 0 Å². The fourth-order valence-corrected chi connectivity index (χ4v) is 2.35. The summed E-state index contributed by atoms with van der Waals surface area (Å²) < 4.78 is 19.4. The molecule has 0 fully saturated rings. The molecule has 8 heteroatoms. The van der Waals surface area contributed by atoms with Crippen LogP contribution in [-0.4, -0.2) is 10.8 Å². The Labute approximate surface area is 141 Å². The Balaban J connectivity index is 1.91. The molecule has 0 aliphatic carbocycles. The van der Waals surface area contributed by atoms with Gasteiger partial charge in [0.25, 0.3) is 11.6 Å². The van der Waals surface area contributed by atoms with Gasteiger partial charge in [-0.1, -0.05) is 6.07 Å². The minimum absolute atomic E-state index is 0.0701. The van der Waals surface area contributed by atoms with Crippen molar-refractivity contribution < 1.29 is 18.5 Å². The number of nitrogens with one attached hydrogen (secondary N) is 1. The standard InChI is InChI=1S/C17H12FN3O4/c18-11-9-10(15-5-2-8-25-15)6-7-13(11)20-17(22)16-12(19)3-1-4-14(16)21(23)24/h1-9H,19H2,(H,20,22). The minimum Gasteiger partial charge on any atom is -0.464 e. The first-order valence-electron chi connectivity index (χ1n) is 7.15. The fourth-order valence-electron chi connectivity index (χ4n) is 2.35. The van der Waals surface area contributed by atoms with Crippen LogP contribution < -0.4 is 11.1 Å². The molecule has 7 nitrogen and oxygen atoms in total. The molecule has 1 amide bonds. The first-order valence-corrected chi connectivity index (χ1v) is 7.15. The molecule has 0 radical (unpaired) electrons. The van der Waals surface area contributed by atoms with E-state index in [4.69, 9.17) is 10.2 Å². The second-order valence-corrected chi connectivity index (χ2v) is 5.12. The number of nitro groups is 1. The lowest BCUT2D eigenvalue weighted by Crippen LogP contribution is -2.17. The highest BCUT2D eigenvalue weighted by Gasteiger charge is 2.23. The van der Waals surface area contributed by atoms with Gasteiger partial charge in [-0.25, -0.2) is 4.39 Å². The van der Waals surface area contributed by atoms with E-state index in [1.807, 2.05) is 0 Å². The number of benzene rings is 2. The van der Waals surface area contributed by atoms with Gasteiger partial charge < -0.3 is 15.5 Å². The number of nitrogens with zero attached hydrogens (tertiary/aromatic N) is 1. The number of furan rings is 1. The maximum Gasteiger partial charge on any atom is 0.284 e. The molecule has 0 saturated carbocycles. The molecule has 0 spiro atoms. The van der Waals surface area contributed by atoms with Crippen LogP contribution in [0, 0.1) is 15.9 Å². The maximum absolute atomic E-state index is 14.3. The molecule has 0 saturated heterocycles.